The summed E-state index contributed by atoms with van der Waals surface area (Å²) in [6.45, 7) is 5.54. The van der Waals surface area contributed by atoms with E-state index >= 15 is 0 Å². The number of ether oxygens (including phenoxy) is 1. The number of hydrogen-bond donors (Lipinski definition) is 3. The van der Waals surface area contributed by atoms with Crippen molar-refractivity contribution in [2.45, 2.75) is 19.4 Å². The molecule has 2 amide bonds. The van der Waals surface area contributed by atoms with Crippen LogP contribution >= 0.6 is 0 Å². The highest BCUT2D eigenvalue weighted by atomic mass is 16.5. The first-order valence-corrected chi connectivity index (χ1v) is 9.99. The first-order valence-electron chi connectivity index (χ1n) is 9.99. The molecule has 1 unspecified atom stereocenters. The zero-order valence-electron chi connectivity index (χ0n) is 17.4. The summed E-state index contributed by atoms with van der Waals surface area (Å²) in [4.78, 5) is 29.5. The van der Waals surface area contributed by atoms with Crippen LogP contribution in [0.2, 0.25) is 0 Å². The van der Waals surface area contributed by atoms with Crippen LogP contribution in [-0.4, -0.2) is 39.6 Å². The van der Waals surface area contributed by atoms with Crippen LogP contribution in [0.15, 0.2) is 60.7 Å². The topological polar surface area (TPSA) is 109 Å². The highest BCUT2D eigenvalue weighted by Crippen LogP contribution is 2.28. The Balaban J connectivity index is 1.42. The molecule has 1 aliphatic rings. The average Bonchev–Trinajstić information content (AvgIpc) is 3.19. The number of benzene rings is 2. The molecule has 0 bridgehead atoms. The number of nitrogens with one attached hydrogen (secondary N) is 3. The minimum atomic E-state index is -0.907. The van der Waals surface area contributed by atoms with Gasteiger partial charge < -0.3 is 15.4 Å². The molecule has 1 atom stereocenters. The second-order valence-electron chi connectivity index (χ2n) is 7.34. The Hall–Kier alpha value is -4.38. The molecule has 0 saturated heterocycles. The van der Waals surface area contributed by atoms with Gasteiger partial charge in [0.1, 0.15) is 24.2 Å². The molecular weight excluding hydrogens is 406 g/mol. The third-order valence-electron chi connectivity index (χ3n) is 4.63. The molecule has 1 aliphatic heterocycles. The number of aromatic nitrogens is 3. The quantitative estimate of drug-likeness (QED) is 0.554. The van der Waals surface area contributed by atoms with Crippen LogP contribution in [0.5, 0.6) is 5.75 Å². The number of H-pyrrole nitrogens is 1. The molecule has 1 aromatic heterocycles. The van der Waals surface area contributed by atoms with Crippen LogP contribution in [-0.2, 0) is 11.2 Å². The molecule has 32 heavy (non-hydrogen) atoms. The Kier molecular flexibility index (Phi) is 5.99. The van der Waals surface area contributed by atoms with Crippen molar-refractivity contribution in [3.8, 4) is 17.6 Å². The van der Waals surface area contributed by atoms with E-state index in [0.717, 1.165) is 11.1 Å². The lowest BCUT2D eigenvalue weighted by Gasteiger charge is -2.13. The largest absolute Gasteiger partial charge is 0.489 e. The van der Waals surface area contributed by atoms with Gasteiger partial charge in [-0.1, -0.05) is 48.8 Å². The first-order chi connectivity index (χ1) is 15.5. The Bertz CT molecular complexity index is 1240. The summed E-state index contributed by atoms with van der Waals surface area (Å²) < 4.78 is 5.72. The van der Waals surface area contributed by atoms with Crippen molar-refractivity contribution in [2.75, 3.05) is 11.9 Å². The smallest absolute Gasteiger partial charge is 0.291 e. The van der Waals surface area contributed by atoms with E-state index in [0.29, 0.717) is 29.2 Å². The van der Waals surface area contributed by atoms with Crippen molar-refractivity contribution in [1.82, 2.24) is 20.5 Å². The predicted molar refractivity (Wildman–Crippen MR) is 119 cm³/mol. The number of carbonyl (C=O) groups is 2. The number of carbonyl (C=O) groups excluding carboxylic acids is 2. The van der Waals surface area contributed by atoms with E-state index in [4.69, 9.17) is 4.74 Å². The summed E-state index contributed by atoms with van der Waals surface area (Å²) in [6.07, 6.45) is 0.514. The second kappa shape index (κ2) is 9.18. The zero-order chi connectivity index (χ0) is 22.5. The molecule has 2 aromatic carbocycles. The second-order valence-corrected chi connectivity index (χ2v) is 7.34. The van der Waals surface area contributed by atoms with Gasteiger partial charge in [0.25, 0.3) is 11.8 Å². The molecule has 0 fully saturated rings. The maximum atomic E-state index is 12.7. The molecule has 0 radical (unpaired) electrons. The Morgan fingerprint density at radius 1 is 1.28 bits per heavy atom. The maximum absolute atomic E-state index is 12.7. The lowest BCUT2D eigenvalue weighted by molar-refractivity contribution is -0.118. The number of amides is 2. The fourth-order valence-electron chi connectivity index (χ4n) is 3.07. The summed E-state index contributed by atoms with van der Waals surface area (Å²) in [7, 11) is 0. The molecule has 3 N–H and O–H groups in total. The van der Waals surface area contributed by atoms with Crippen LogP contribution in [0.25, 0.3) is 0 Å². The maximum Gasteiger partial charge on any atom is 0.291 e. The number of aromatic amines is 1. The van der Waals surface area contributed by atoms with Gasteiger partial charge in [0, 0.05) is 12.0 Å². The van der Waals surface area contributed by atoms with Crippen molar-refractivity contribution in [3.63, 3.8) is 0 Å². The van der Waals surface area contributed by atoms with Crippen LogP contribution in [0, 0.1) is 11.8 Å². The van der Waals surface area contributed by atoms with Gasteiger partial charge in [-0.15, -0.1) is 5.10 Å². The molecule has 8 heteroatoms. The summed E-state index contributed by atoms with van der Waals surface area (Å²) in [5, 5.41) is 12.1. The van der Waals surface area contributed by atoms with Crippen molar-refractivity contribution in [3.05, 3.63) is 83.5 Å². The average molecular weight is 427 g/mol. The Morgan fingerprint density at radius 3 is 2.88 bits per heavy atom. The highest BCUT2D eigenvalue weighted by Gasteiger charge is 2.28. The lowest BCUT2D eigenvalue weighted by atomic mass is 10.1. The molecule has 3 aromatic rings. The minimum Gasteiger partial charge on any atom is -0.489 e. The van der Waals surface area contributed by atoms with Gasteiger partial charge >= 0.3 is 0 Å². The van der Waals surface area contributed by atoms with E-state index in [-0.39, 0.29) is 12.4 Å². The summed E-state index contributed by atoms with van der Waals surface area (Å²) in [5.41, 5.74) is 2.98. The number of nitrogens with zero attached hydrogens (tertiary/aromatic N) is 2. The van der Waals surface area contributed by atoms with Gasteiger partial charge in [-0.25, -0.2) is 4.98 Å². The van der Waals surface area contributed by atoms with E-state index in [1.807, 2.05) is 37.3 Å². The van der Waals surface area contributed by atoms with Gasteiger partial charge in [-0.2, -0.15) is 0 Å². The van der Waals surface area contributed by atoms with E-state index in [1.165, 1.54) is 0 Å². The summed E-state index contributed by atoms with van der Waals surface area (Å²) in [6, 6.07) is 14.0. The third-order valence-corrected chi connectivity index (χ3v) is 4.63. The molecular formula is C24H21N5O3. The van der Waals surface area contributed by atoms with Gasteiger partial charge in [0.15, 0.2) is 0 Å². The summed E-state index contributed by atoms with van der Waals surface area (Å²) in [5.74, 6) is 5.91. The predicted octanol–water partition coefficient (Wildman–Crippen LogP) is 2.45. The van der Waals surface area contributed by atoms with Gasteiger partial charge in [0.05, 0.1) is 5.69 Å². The van der Waals surface area contributed by atoms with Gasteiger partial charge in [-0.3, -0.25) is 14.7 Å². The standard InChI is InChI=1S/C24H21N5O3/c1-15(2)8-9-17-10-11-20-18(12-17)25-23(30)19(14-32-20)26-24(31)22-27-21(28-29-22)13-16-6-4-3-5-7-16/h3-7,10-12,19H,1,13-14H2,2H3,(H,25,30)(H,26,31)(H,27,28,29). The summed E-state index contributed by atoms with van der Waals surface area (Å²) >= 11 is 0. The highest BCUT2D eigenvalue weighted by molar-refractivity contribution is 6.01. The molecule has 160 valence electrons. The fraction of sp³-hybridized carbons (Fsp3) is 0.167. The molecule has 0 aliphatic carbocycles. The van der Waals surface area contributed by atoms with Crippen molar-refractivity contribution in [1.29, 1.82) is 0 Å². The molecule has 0 saturated carbocycles. The van der Waals surface area contributed by atoms with Crippen molar-refractivity contribution in [2.24, 2.45) is 0 Å². The Morgan fingerprint density at radius 2 is 2.09 bits per heavy atom. The number of hydrogen-bond acceptors (Lipinski definition) is 5. The van der Waals surface area contributed by atoms with Gasteiger partial charge in [0.2, 0.25) is 5.82 Å². The third kappa shape index (κ3) is 5.02. The van der Waals surface area contributed by atoms with Crippen molar-refractivity contribution >= 4 is 17.5 Å². The minimum absolute atomic E-state index is 0.0251. The Labute approximate surface area is 185 Å². The SMILES string of the molecule is C=C(C)C#Cc1ccc2c(c1)NC(=O)C(NC(=O)c1n[nH]c(Cc3ccccc3)n1)CO2. The van der Waals surface area contributed by atoms with Crippen LogP contribution < -0.4 is 15.4 Å². The van der Waals surface area contributed by atoms with E-state index in [1.54, 1.807) is 18.2 Å². The monoisotopic (exact) mass is 427 g/mol. The van der Waals surface area contributed by atoms with Crippen LogP contribution in [0.4, 0.5) is 5.69 Å². The molecule has 0 spiro atoms. The number of fused-ring (bicyclic) bond motifs is 1. The number of anilines is 1. The number of allylic oxidation sites excluding steroid dienone is 1. The first kappa shape index (κ1) is 20.9. The number of rotatable bonds is 4. The molecule has 4 rings (SSSR count). The zero-order valence-corrected chi connectivity index (χ0v) is 17.4. The normalized spacial score (nSPS) is 14.7. The molecule has 8 nitrogen and oxygen atoms in total. The van der Waals surface area contributed by atoms with E-state index < -0.39 is 17.9 Å². The fourth-order valence-corrected chi connectivity index (χ4v) is 3.07. The van der Waals surface area contributed by atoms with E-state index in [2.05, 4.69) is 44.2 Å². The van der Waals surface area contributed by atoms with Gasteiger partial charge in [-0.05, 0) is 36.3 Å². The van der Waals surface area contributed by atoms with Crippen molar-refractivity contribution < 1.29 is 14.3 Å². The lowest BCUT2D eigenvalue weighted by Crippen LogP contribution is -2.46. The van der Waals surface area contributed by atoms with Crippen LogP contribution in [0.1, 0.15) is 34.5 Å². The van der Waals surface area contributed by atoms with E-state index in [9.17, 15) is 9.59 Å². The molecule has 2 heterocycles. The van der Waals surface area contributed by atoms with Crippen LogP contribution in [0.3, 0.4) is 0 Å².